The second-order valence-corrected chi connectivity index (χ2v) is 6.82. The number of likely N-dealkylation sites (tertiary alicyclic amines) is 1. The summed E-state index contributed by atoms with van der Waals surface area (Å²) in [5.74, 6) is -0.130. The van der Waals surface area contributed by atoms with Crippen molar-refractivity contribution in [2.24, 2.45) is 11.7 Å². The third kappa shape index (κ3) is 3.93. The van der Waals surface area contributed by atoms with Crippen LogP contribution in [-0.4, -0.2) is 50.0 Å². The second-order valence-electron chi connectivity index (χ2n) is 6.82. The van der Waals surface area contributed by atoms with Crippen LogP contribution < -0.4 is 5.73 Å². The lowest BCUT2D eigenvalue weighted by molar-refractivity contribution is -0.130. The van der Waals surface area contributed by atoms with Gasteiger partial charge in [-0.25, -0.2) is 0 Å². The van der Waals surface area contributed by atoms with E-state index in [-0.39, 0.29) is 24.1 Å². The highest BCUT2D eigenvalue weighted by molar-refractivity contribution is 6.18. The van der Waals surface area contributed by atoms with E-state index in [0.717, 1.165) is 5.56 Å². The molecule has 1 aliphatic heterocycles. The molecule has 1 fully saturated rings. The highest BCUT2D eigenvalue weighted by Gasteiger charge is 2.30. The lowest BCUT2D eigenvalue weighted by Crippen LogP contribution is -2.45. The first-order valence-corrected chi connectivity index (χ1v) is 9.31. The molecule has 1 aliphatic rings. The van der Waals surface area contributed by atoms with E-state index in [1.807, 2.05) is 30.3 Å². The Morgan fingerprint density at radius 3 is 2.72 bits per heavy atom. The fourth-order valence-electron chi connectivity index (χ4n) is 3.39. The molecule has 0 unspecified atom stereocenters. The number of nitrogens with zero attached hydrogens (tertiary/aromatic N) is 5. The minimum Gasteiger partial charge on any atom is -0.465 e. The summed E-state index contributed by atoms with van der Waals surface area (Å²) >= 11 is 0. The number of carbonyl (C=O) groups excluding carboxylic acids is 2. The molecule has 0 bridgehead atoms. The number of hydrogen-bond donors (Lipinski definition) is 1. The van der Waals surface area contributed by atoms with Gasteiger partial charge in [-0.15, -0.1) is 5.10 Å². The fraction of sp³-hybridized carbons (Fsp3) is 0.250. The molecule has 0 aliphatic carbocycles. The van der Waals surface area contributed by atoms with Gasteiger partial charge in [-0.3, -0.25) is 9.59 Å². The number of benzene rings is 1. The molecule has 1 aromatic carbocycles. The standard InChI is InChI=1S/C20H20N6O3/c21-18(27)15-8-4-10-25(13-15)20(28)17(12-16-9-5-11-29-16)26-19(22-23-24-26)14-6-2-1-3-7-14/h1-3,5-7,9,11-12,15H,4,8,10,13H2,(H2,21,27)/b17-12+/t15-/m0/s1. The monoisotopic (exact) mass is 392 g/mol. The molecule has 2 amide bonds. The molecular weight excluding hydrogens is 372 g/mol. The quantitative estimate of drug-likeness (QED) is 0.659. The van der Waals surface area contributed by atoms with Crippen molar-refractivity contribution >= 4 is 23.6 Å². The number of carbonyl (C=O) groups is 2. The van der Waals surface area contributed by atoms with Gasteiger partial charge in [0.1, 0.15) is 11.5 Å². The average molecular weight is 392 g/mol. The molecule has 3 aromatic rings. The fourth-order valence-corrected chi connectivity index (χ4v) is 3.39. The first-order chi connectivity index (χ1) is 14.1. The van der Waals surface area contributed by atoms with Crippen molar-refractivity contribution in [2.75, 3.05) is 13.1 Å². The highest BCUT2D eigenvalue weighted by atomic mass is 16.3. The van der Waals surface area contributed by atoms with Gasteiger partial charge in [-0.05, 0) is 35.4 Å². The smallest absolute Gasteiger partial charge is 0.272 e. The summed E-state index contributed by atoms with van der Waals surface area (Å²) in [4.78, 5) is 26.7. The third-order valence-corrected chi connectivity index (χ3v) is 4.88. The van der Waals surface area contributed by atoms with E-state index in [9.17, 15) is 9.59 Å². The molecule has 29 heavy (non-hydrogen) atoms. The number of hydrogen-bond acceptors (Lipinski definition) is 6. The minimum absolute atomic E-state index is 0.230. The zero-order chi connectivity index (χ0) is 20.2. The number of primary amides is 1. The Hall–Kier alpha value is -3.75. The van der Waals surface area contributed by atoms with Crippen LogP contribution in [-0.2, 0) is 9.59 Å². The van der Waals surface area contributed by atoms with Crippen LogP contribution in [0.3, 0.4) is 0 Å². The maximum atomic E-state index is 13.4. The molecule has 1 atom stereocenters. The summed E-state index contributed by atoms with van der Waals surface area (Å²) < 4.78 is 6.80. The Morgan fingerprint density at radius 2 is 2.00 bits per heavy atom. The Bertz CT molecular complexity index is 1030. The maximum absolute atomic E-state index is 13.4. The van der Waals surface area contributed by atoms with Gasteiger partial charge in [0.05, 0.1) is 12.2 Å². The summed E-state index contributed by atoms with van der Waals surface area (Å²) in [7, 11) is 0. The maximum Gasteiger partial charge on any atom is 0.272 e. The molecular formula is C20H20N6O3. The van der Waals surface area contributed by atoms with Crippen molar-refractivity contribution in [1.82, 2.24) is 25.1 Å². The van der Waals surface area contributed by atoms with Crippen molar-refractivity contribution in [3.8, 4) is 11.4 Å². The van der Waals surface area contributed by atoms with Crippen LogP contribution in [0, 0.1) is 5.92 Å². The van der Waals surface area contributed by atoms with E-state index in [2.05, 4.69) is 15.5 Å². The number of tetrazole rings is 1. The lowest BCUT2D eigenvalue weighted by atomic mass is 9.97. The van der Waals surface area contributed by atoms with Crippen molar-refractivity contribution in [3.05, 3.63) is 54.5 Å². The van der Waals surface area contributed by atoms with Gasteiger partial charge in [-0.1, -0.05) is 30.3 Å². The summed E-state index contributed by atoms with van der Waals surface area (Å²) in [6.45, 7) is 0.799. The predicted octanol–water partition coefficient (Wildman–Crippen LogP) is 1.66. The minimum atomic E-state index is -0.397. The Balaban J connectivity index is 1.74. The number of amides is 2. The van der Waals surface area contributed by atoms with Crippen LogP contribution in [0.2, 0.25) is 0 Å². The van der Waals surface area contributed by atoms with E-state index in [1.54, 1.807) is 23.1 Å². The topological polar surface area (TPSA) is 120 Å². The van der Waals surface area contributed by atoms with Crippen LogP contribution in [0.25, 0.3) is 23.2 Å². The zero-order valence-corrected chi connectivity index (χ0v) is 15.6. The Morgan fingerprint density at radius 1 is 1.17 bits per heavy atom. The zero-order valence-electron chi connectivity index (χ0n) is 15.6. The van der Waals surface area contributed by atoms with E-state index < -0.39 is 5.91 Å². The lowest BCUT2D eigenvalue weighted by Gasteiger charge is -2.31. The predicted molar refractivity (Wildman–Crippen MR) is 105 cm³/mol. The SMILES string of the molecule is NC(=O)[C@H]1CCCN(C(=O)/C(=C\c2ccco2)n2nnnc2-c2ccccc2)C1. The summed E-state index contributed by atoms with van der Waals surface area (Å²) in [6, 6.07) is 12.8. The summed E-state index contributed by atoms with van der Waals surface area (Å²) in [5, 5.41) is 11.9. The number of aromatic nitrogens is 4. The van der Waals surface area contributed by atoms with Gasteiger partial charge in [-0.2, -0.15) is 4.68 Å². The normalized spacial score (nSPS) is 17.3. The molecule has 148 valence electrons. The van der Waals surface area contributed by atoms with Gasteiger partial charge in [0.15, 0.2) is 5.82 Å². The Kier molecular flexibility index (Phi) is 5.19. The van der Waals surface area contributed by atoms with E-state index in [4.69, 9.17) is 10.2 Å². The molecule has 0 spiro atoms. The first-order valence-electron chi connectivity index (χ1n) is 9.31. The first kappa shape index (κ1) is 18.6. The molecule has 2 N–H and O–H groups in total. The van der Waals surface area contributed by atoms with Crippen LogP contribution in [0.15, 0.2) is 53.1 Å². The molecule has 3 heterocycles. The van der Waals surface area contributed by atoms with Crippen LogP contribution in [0.4, 0.5) is 0 Å². The number of furan rings is 1. The van der Waals surface area contributed by atoms with Gasteiger partial charge in [0.2, 0.25) is 5.91 Å². The summed E-state index contributed by atoms with van der Waals surface area (Å²) in [5.41, 5.74) is 6.46. The molecule has 2 aromatic heterocycles. The number of piperidine rings is 1. The molecule has 0 saturated carbocycles. The van der Waals surface area contributed by atoms with Crippen molar-refractivity contribution in [3.63, 3.8) is 0 Å². The number of nitrogens with two attached hydrogens (primary N) is 1. The second kappa shape index (κ2) is 8.09. The van der Waals surface area contributed by atoms with Crippen LogP contribution >= 0.6 is 0 Å². The van der Waals surface area contributed by atoms with Crippen LogP contribution in [0.1, 0.15) is 18.6 Å². The van der Waals surface area contributed by atoms with Crippen molar-refractivity contribution in [2.45, 2.75) is 12.8 Å². The molecule has 0 radical (unpaired) electrons. The van der Waals surface area contributed by atoms with E-state index in [0.29, 0.717) is 31.0 Å². The van der Waals surface area contributed by atoms with Gasteiger partial charge >= 0.3 is 0 Å². The largest absolute Gasteiger partial charge is 0.465 e. The molecule has 9 heteroatoms. The van der Waals surface area contributed by atoms with Crippen molar-refractivity contribution < 1.29 is 14.0 Å². The molecule has 1 saturated heterocycles. The highest BCUT2D eigenvalue weighted by Crippen LogP contribution is 2.24. The van der Waals surface area contributed by atoms with Gasteiger partial charge in [0, 0.05) is 24.7 Å². The van der Waals surface area contributed by atoms with Crippen molar-refractivity contribution in [1.29, 1.82) is 0 Å². The Labute approximate surface area is 166 Å². The average Bonchev–Trinajstić information content (AvgIpc) is 3.44. The molecule has 9 nitrogen and oxygen atoms in total. The van der Waals surface area contributed by atoms with E-state index >= 15 is 0 Å². The van der Waals surface area contributed by atoms with Crippen LogP contribution in [0.5, 0.6) is 0 Å². The molecule has 4 rings (SSSR count). The van der Waals surface area contributed by atoms with E-state index in [1.165, 1.54) is 10.9 Å². The van der Waals surface area contributed by atoms with Gasteiger partial charge in [0.25, 0.3) is 5.91 Å². The number of rotatable bonds is 5. The summed E-state index contributed by atoms with van der Waals surface area (Å²) in [6.07, 6.45) is 4.50. The van der Waals surface area contributed by atoms with Gasteiger partial charge < -0.3 is 15.1 Å². The third-order valence-electron chi connectivity index (χ3n) is 4.88.